The number of benzene rings is 2. The van der Waals surface area contributed by atoms with Crippen molar-refractivity contribution in [1.82, 2.24) is 10.1 Å². The summed E-state index contributed by atoms with van der Waals surface area (Å²) in [4.78, 5) is 27.5. The summed E-state index contributed by atoms with van der Waals surface area (Å²) in [6, 6.07) is 12.8. The van der Waals surface area contributed by atoms with Crippen LogP contribution in [0.1, 0.15) is 22.8 Å². The topological polar surface area (TPSA) is 112 Å². The van der Waals surface area contributed by atoms with Gasteiger partial charge in [0.05, 0.1) is 15.9 Å². The molecule has 0 unspecified atom stereocenters. The smallest absolute Gasteiger partial charge is 0.269 e. The lowest BCUT2D eigenvalue weighted by Gasteiger charge is -2.04. The Hall–Kier alpha value is -4.07. The van der Waals surface area contributed by atoms with Gasteiger partial charge < -0.3 is 8.94 Å². The standard InChI is InChI=1S/C20H13N3O5/c1-12-21-20(22-28-12)17(13-6-8-15(9-7-13)23(25)26)10-14-11-27-18-5-3-2-4-16(18)19(14)24/h2-11H,1H3/b17-10-. The molecule has 0 bridgehead atoms. The van der Waals surface area contributed by atoms with Crippen molar-refractivity contribution >= 4 is 28.3 Å². The Kier molecular flexibility index (Phi) is 4.29. The van der Waals surface area contributed by atoms with Crippen molar-refractivity contribution in [3.63, 3.8) is 0 Å². The summed E-state index contributed by atoms with van der Waals surface area (Å²) in [5, 5.41) is 15.3. The second kappa shape index (κ2) is 6.92. The van der Waals surface area contributed by atoms with Crippen LogP contribution < -0.4 is 5.43 Å². The van der Waals surface area contributed by atoms with Crippen molar-refractivity contribution in [3.05, 3.63) is 98.0 Å². The van der Waals surface area contributed by atoms with Gasteiger partial charge in [0, 0.05) is 24.6 Å². The highest BCUT2D eigenvalue weighted by atomic mass is 16.6. The van der Waals surface area contributed by atoms with E-state index in [4.69, 9.17) is 8.94 Å². The maximum atomic E-state index is 12.8. The van der Waals surface area contributed by atoms with E-state index in [9.17, 15) is 14.9 Å². The molecule has 0 fully saturated rings. The molecular formula is C20H13N3O5. The van der Waals surface area contributed by atoms with Crippen LogP contribution in [0.25, 0.3) is 22.6 Å². The molecule has 0 radical (unpaired) electrons. The molecule has 2 aromatic carbocycles. The third kappa shape index (κ3) is 3.18. The molecule has 0 N–H and O–H groups in total. The highest BCUT2D eigenvalue weighted by Crippen LogP contribution is 2.26. The van der Waals surface area contributed by atoms with Crippen molar-refractivity contribution in [3.8, 4) is 0 Å². The van der Waals surface area contributed by atoms with Gasteiger partial charge >= 0.3 is 0 Å². The molecule has 0 spiro atoms. The van der Waals surface area contributed by atoms with Crippen LogP contribution >= 0.6 is 0 Å². The molecule has 8 nitrogen and oxygen atoms in total. The Morgan fingerprint density at radius 3 is 2.57 bits per heavy atom. The van der Waals surface area contributed by atoms with Crippen LogP contribution in [0.4, 0.5) is 5.69 Å². The van der Waals surface area contributed by atoms with E-state index in [-0.39, 0.29) is 16.9 Å². The maximum absolute atomic E-state index is 12.8. The Morgan fingerprint density at radius 2 is 1.89 bits per heavy atom. The fourth-order valence-electron chi connectivity index (χ4n) is 2.80. The third-order valence-corrected chi connectivity index (χ3v) is 4.16. The summed E-state index contributed by atoms with van der Waals surface area (Å²) in [7, 11) is 0. The van der Waals surface area contributed by atoms with E-state index in [0.29, 0.717) is 33.6 Å². The first kappa shape index (κ1) is 17.3. The van der Waals surface area contributed by atoms with E-state index < -0.39 is 4.92 Å². The largest absolute Gasteiger partial charge is 0.463 e. The van der Waals surface area contributed by atoms with Crippen molar-refractivity contribution in [2.45, 2.75) is 6.92 Å². The first-order valence-corrected chi connectivity index (χ1v) is 8.30. The number of nitrogens with zero attached hydrogens (tertiary/aromatic N) is 3. The third-order valence-electron chi connectivity index (χ3n) is 4.16. The number of para-hydroxylation sites is 1. The SMILES string of the molecule is Cc1nc(/C(=C\c2coc3ccccc3c2=O)c2ccc([N+](=O)[O-])cc2)no1. The molecule has 0 saturated carbocycles. The molecule has 0 saturated heterocycles. The van der Waals surface area contributed by atoms with E-state index in [0.717, 1.165) is 0 Å². The number of nitro benzene ring substituents is 1. The van der Waals surface area contributed by atoms with Crippen LogP contribution in [0.5, 0.6) is 0 Å². The summed E-state index contributed by atoms with van der Waals surface area (Å²) >= 11 is 0. The number of nitro groups is 1. The zero-order valence-electron chi connectivity index (χ0n) is 14.7. The summed E-state index contributed by atoms with van der Waals surface area (Å²) < 4.78 is 10.6. The fourth-order valence-corrected chi connectivity index (χ4v) is 2.80. The second-order valence-electron chi connectivity index (χ2n) is 6.02. The minimum atomic E-state index is -0.483. The Balaban J connectivity index is 1.90. The van der Waals surface area contributed by atoms with Crippen molar-refractivity contribution < 1.29 is 13.9 Å². The molecule has 4 aromatic rings. The Labute approximate surface area is 157 Å². The molecule has 4 rings (SSSR count). The normalized spacial score (nSPS) is 11.7. The monoisotopic (exact) mass is 375 g/mol. The Bertz CT molecular complexity index is 1270. The number of hydrogen-bond acceptors (Lipinski definition) is 7. The minimum Gasteiger partial charge on any atom is -0.463 e. The summed E-state index contributed by atoms with van der Waals surface area (Å²) in [6.45, 7) is 1.65. The molecule has 8 heteroatoms. The van der Waals surface area contributed by atoms with Crippen LogP contribution in [-0.2, 0) is 0 Å². The van der Waals surface area contributed by atoms with E-state index in [1.165, 1.54) is 18.4 Å². The van der Waals surface area contributed by atoms with Gasteiger partial charge in [-0.2, -0.15) is 4.98 Å². The van der Waals surface area contributed by atoms with Crippen molar-refractivity contribution in [2.24, 2.45) is 0 Å². The molecule has 0 atom stereocenters. The van der Waals surface area contributed by atoms with Crippen LogP contribution in [0.15, 0.2) is 68.5 Å². The van der Waals surface area contributed by atoms with Crippen LogP contribution in [0.3, 0.4) is 0 Å². The zero-order valence-corrected chi connectivity index (χ0v) is 14.7. The Morgan fingerprint density at radius 1 is 1.14 bits per heavy atom. The zero-order chi connectivity index (χ0) is 19.7. The van der Waals surface area contributed by atoms with Gasteiger partial charge in [0.15, 0.2) is 5.43 Å². The van der Waals surface area contributed by atoms with Gasteiger partial charge in [-0.15, -0.1) is 0 Å². The second-order valence-corrected chi connectivity index (χ2v) is 6.02. The van der Waals surface area contributed by atoms with Gasteiger partial charge in [-0.1, -0.05) is 17.3 Å². The predicted octanol–water partition coefficient (Wildman–Crippen LogP) is 3.98. The lowest BCUT2D eigenvalue weighted by molar-refractivity contribution is -0.384. The van der Waals surface area contributed by atoms with Gasteiger partial charge in [0.1, 0.15) is 11.8 Å². The molecule has 2 heterocycles. The van der Waals surface area contributed by atoms with Gasteiger partial charge in [-0.3, -0.25) is 14.9 Å². The number of hydrogen-bond donors (Lipinski definition) is 0. The van der Waals surface area contributed by atoms with Gasteiger partial charge in [-0.05, 0) is 35.9 Å². The molecule has 0 aliphatic rings. The van der Waals surface area contributed by atoms with E-state index in [1.54, 1.807) is 49.4 Å². The lowest BCUT2D eigenvalue weighted by atomic mass is 10.0. The number of aryl methyl sites for hydroxylation is 1. The van der Waals surface area contributed by atoms with Crippen LogP contribution in [0.2, 0.25) is 0 Å². The highest BCUT2D eigenvalue weighted by molar-refractivity contribution is 5.90. The summed E-state index contributed by atoms with van der Waals surface area (Å²) in [6.07, 6.45) is 2.95. The van der Waals surface area contributed by atoms with Crippen LogP contribution in [0, 0.1) is 17.0 Å². The van der Waals surface area contributed by atoms with Crippen LogP contribution in [-0.4, -0.2) is 15.1 Å². The number of rotatable bonds is 4. The predicted molar refractivity (Wildman–Crippen MR) is 102 cm³/mol. The molecule has 138 valence electrons. The van der Waals surface area contributed by atoms with Gasteiger partial charge in [-0.25, -0.2) is 0 Å². The van der Waals surface area contributed by atoms with Gasteiger partial charge in [0.25, 0.3) is 5.69 Å². The number of fused-ring (bicyclic) bond motifs is 1. The first-order valence-electron chi connectivity index (χ1n) is 8.30. The molecule has 0 aliphatic carbocycles. The summed E-state index contributed by atoms with van der Waals surface area (Å²) in [5.74, 6) is 0.618. The quantitative estimate of drug-likeness (QED) is 0.391. The average molecular weight is 375 g/mol. The minimum absolute atomic E-state index is 0.0439. The molecular weight excluding hydrogens is 362 g/mol. The highest BCUT2D eigenvalue weighted by Gasteiger charge is 2.15. The van der Waals surface area contributed by atoms with E-state index >= 15 is 0 Å². The van der Waals surface area contributed by atoms with Crippen molar-refractivity contribution in [1.29, 1.82) is 0 Å². The molecule has 0 aliphatic heterocycles. The number of non-ortho nitro benzene ring substituents is 1. The molecule has 2 aromatic heterocycles. The van der Waals surface area contributed by atoms with Gasteiger partial charge in [0.2, 0.25) is 11.7 Å². The van der Waals surface area contributed by atoms with Crippen molar-refractivity contribution in [2.75, 3.05) is 0 Å². The average Bonchev–Trinajstić information content (AvgIpc) is 3.14. The fraction of sp³-hybridized carbons (Fsp3) is 0.0500. The molecule has 28 heavy (non-hydrogen) atoms. The first-order chi connectivity index (χ1) is 13.5. The molecule has 0 amide bonds. The number of aromatic nitrogens is 2. The van der Waals surface area contributed by atoms with E-state index in [1.807, 2.05) is 0 Å². The summed E-state index contributed by atoms with van der Waals surface area (Å²) in [5.41, 5.74) is 1.61. The van der Waals surface area contributed by atoms with E-state index in [2.05, 4.69) is 10.1 Å². The lowest BCUT2D eigenvalue weighted by Crippen LogP contribution is -2.05. The maximum Gasteiger partial charge on any atom is 0.269 e.